The number of aromatic nitrogens is 2. The predicted molar refractivity (Wildman–Crippen MR) is 34.7 cm³/mol. The van der Waals surface area contributed by atoms with Crippen LogP contribution in [0.1, 0.15) is 0 Å². The van der Waals surface area contributed by atoms with Gasteiger partial charge in [-0.25, -0.2) is 14.4 Å². The Morgan fingerprint density at radius 3 is 2.67 bits per heavy atom. The summed E-state index contributed by atoms with van der Waals surface area (Å²) in [6.45, 7) is 0. The second-order valence-corrected chi connectivity index (χ2v) is 2.38. The maximum Gasteiger partial charge on any atom is 0.193 e. The highest BCUT2D eigenvalue weighted by Gasteiger charge is 2.03. The van der Waals surface area contributed by atoms with Gasteiger partial charge in [0.25, 0.3) is 0 Å². The maximum atomic E-state index is 12.4. The van der Waals surface area contributed by atoms with Crippen LogP contribution in [0.25, 0.3) is 0 Å². The molecule has 1 aromatic rings. The lowest BCUT2D eigenvalue weighted by atomic mass is 10.6. The first-order valence-electron chi connectivity index (χ1n) is 2.03. The van der Waals surface area contributed by atoms with E-state index in [2.05, 4.69) is 25.9 Å². The quantitative estimate of drug-likeness (QED) is 0.614. The molecule has 1 heterocycles. The fraction of sp³-hybridized carbons (Fsp3) is 0. The molecule has 5 heteroatoms. The fourth-order valence-electron chi connectivity index (χ4n) is 0.329. The summed E-state index contributed by atoms with van der Waals surface area (Å²) in [4.78, 5) is 6.87. The predicted octanol–water partition coefficient (Wildman–Crippen LogP) is 2.03. The molecule has 9 heavy (non-hydrogen) atoms. The minimum atomic E-state index is -0.626. The van der Waals surface area contributed by atoms with E-state index in [0.29, 0.717) is 0 Å². The van der Waals surface area contributed by atoms with Gasteiger partial charge < -0.3 is 0 Å². The zero-order chi connectivity index (χ0) is 6.85. The molecule has 0 aliphatic carbocycles. The topological polar surface area (TPSA) is 25.8 Å². The van der Waals surface area contributed by atoms with E-state index in [-0.39, 0.29) is 9.76 Å². The molecule has 0 aliphatic rings. The van der Waals surface area contributed by atoms with Crippen molar-refractivity contribution in [3.63, 3.8) is 0 Å². The lowest BCUT2D eigenvalue weighted by Gasteiger charge is -1.91. The maximum absolute atomic E-state index is 12.4. The molecule has 0 N–H and O–H groups in total. The smallest absolute Gasteiger partial charge is 0.193 e. The first-order chi connectivity index (χ1) is 4.22. The van der Waals surface area contributed by atoms with Crippen LogP contribution in [0.5, 0.6) is 0 Å². The van der Waals surface area contributed by atoms with Crippen LogP contribution in [-0.2, 0) is 0 Å². The Bertz CT molecular complexity index is 210. The summed E-state index contributed by atoms with van der Waals surface area (Å²) in [7, 11) is 0. The van der Waals surface area contributed by atoms with E-state index in [0.717, 1.165) is 0 Å². The van der Waals surface area contributed by atoms with Crippen LogP contribution in [0, 0.1) is 5.82 Å². The van der Waals surface area contributed by atoms with Gasteiger partial charge in [0, 0.05) is 0 Å². The Kier molecular flexibility index (Phi) is 1.97. The zero-order valence-corrected chi connectivity index (χ0v) is 6.45. The Balaban J connectivity index is 3.25. The van der Waals surface area contributed by atoms with E-state index in [9.17, 15) is 4.39 Å². The Morgan fingerprint density at radius 2 is 2.22 bits per heavy atom. The van der Waals surface area contributed by atoms with E-state index in [1.807, 2.05) is 0 Å². The number of hydrogen-bond donors (Lipinski definition) is 0. The molecule has 0 aromatic carbocycles. The molecule has 0 aliphatic heterocycles. The summed E-state index contributed by atoms with van der Waals surface area (Å²) < 4.78 is 12.5. The summed E-state index contributed by atoms with van der Waals surface area (Å²) in [5.41, 5.74) is 0. The molecule has 0 bridgehead atoms. The van der Waals surface area contributed by atoms with Gasteiger partial charge in [0.1, 0.15) is 10.9 Å². The second-order valence-electron chi connectivity index (χ2n) is 1.27. The lowest BCUT2D eigenvalue weighted by molar-refractivity contribution is 0.605. The van der Waals surface area contributed by atoms with Gasteiger partial charge in [-0.05, 0) is 15.9 Å². The van der Waals surface area contributed by atoms with Crippen molar-refractivity contribution in [2.75, 3.05) is 0 Å². The van der Waals surface area contributed by atoms with Gasteiger partial charge in [-0.15, -0.1) is 0 Å². The van der Waals surface area contributed by atoms with Gasteiger partial charge in [0.15, 0.2) is 11.0 Å². The minimum absolute atomic E-state index is 0.0856. The van der Waals surface area contributed by atoms with Crippen LogP contribution in [0.2, 0.25) is 5.15 Å². The van der Waals surface area contributed by atoms with E-state index >= 15 is 0 Å². The fourth-order valence-corrected chi connectivity index (χ4v) is 0.855. The van der Waals surface area contributed by atoms with Crippen LogP contribution in [-0.4, -0.2) is 9.97 Å². The average molecular weight is 211 g/mol. The normalized spacial score (nSPS) is 9.67. The molecule has 2 nitrogen and oxygen atoms in total. The van der Waals surface area contributed by atoms with Crippen molar-refractivity contribution in [1.82, 2.24) is 9.97 Å². The molecule has 1 aromatic heterocycles. The van der Waals surface area contributed by atoms with Crippen molar-refractivity contribution < 1.29 is 4.39 Å². The first-order valence-corrected chi connectivity index (χ1v) is 3.20. The van der Waals surface area contributed by atoms with Crippen LogP contribution in [0.4, 0.5) is 4.39 Å². The van der Waals surface area contributed by atoms with Crippen molar-refractivity contribution >= 4 is 27.5 Å². The highest BCUT2D eigenvalue weighted by Crippen LogP contribution is 2.16. The molecule has 0 saturated carbocycles. The Morgan fingerprint density at radius 1 is 1.56 bits per heavy atom. The highest BCUT2D eigenvalue weighted by atomic mass is 79.9. The third-order valence-corrected chi connectivity index (χ3v) is 1.52. The molecular weight excluding hydrogens is 210 g/mol. The molecule has 1 rings (SSSR count). The van der Waals surface area contributed by atoms with E-state index < -0.39 is 5.82 Å². The third kappa shape index (κ3) is 1.37. The average Bonchev–Trinajstić information content (AvgIpc) is 1.83. The lowest BCUT2D eigenvalue weighted by Crippen LogP contribution is -1.86. The van der Waals surface area contributed by atoms with Gasteiger partial charge >= 0.3 is 0 Å². The van der Waals surface area contributed by atoms with Crippen molar-refractivity contribution in [3.05, 3.63) is 21.9 Å². The van der Waals surface area contributed by atoms with Crippen LogP contribution >= 0.6 is 27.5 Å². The molecule has 0 unspecified atom stereocenters. The molecule has 0 amide bonds. The molecule has 0 fully saturated rings. The number of rotatable bonds is 0. The standard InChI is InChI=1S/C4HBrClFN2/c5-3-2(7)4(6)9-1-8-3/h1H. The summed E-state index contributed by atoms with van der Waals surface area (Å²) in [6, 6.07) is 0. The molecule has 0 saturated heterocycles. The number of hydrogen-bond acceptors (Lipinski definition) is 2. The largest absolute Gasteiger partial charge is 0.226 e. The van der Waals surface area contributed by atoms with Crippen molar-refractivity contribution in [1.29, 1.82) is 0 Å². The number of nitrogens with zero attached hydrogens (tertiary/aromatic N) is 2. The summed E-state index contributed by atoms with van der Waals surface area (Å²) >= 11 is 8.09. The summed E-state index contributed by atoms with van der Waals surface area (Å²) in [5.74, 6) is -0.626. The van der Waals surface area contributed by atoms with Gasteiger partial charge in [0.2, 0.25) is 0 Å². The van der Waals surface area contributed by atoms with Crippen LogP contribution in [0.3, 0.4) is 0 Å². The molecule has 0 atom stereocenters. The van der Waals surface area contributed by atoms with Crippen LogP contribution in [0.15, 0.2) is 10.9 Å². The van der Waals surface area contributed by atoms with Gasteiger partial charge in [-0.3, -0.25) is 0 Å². The monoisotopic (exact) mass is 210 g/mol. The van der Waals surface area contributed by atoms with Gasteiger partial charge in [0.05, 0.1) is 0 Å². The third-order valence-electron chi connectivity index (χ3n) is 0.704. The van der Waals surface area contributed by atoms with E-state index in [4.69, 9.17) is 11.6 Å². The summed E-state index contributed by atoms with van der Waals surface area (Å²) in [5, 5.41) is -0.170. The molecule has 48 valence electrons. The van der Waals surface area contributed by atoms with Crippen molar-refractivity contribution in [2.45, 2.75) is 0 Å². The molecule has 0 spiro atoms. The Hall–Kier alpha value is -0.220. The number of halogens is 3. The van der Waals surface area contributed by atoms with Crippen molar-refractivity contribution in [2.24, 2.45) is 0 Å². The van der Waals surface area contributed by atoms with E-state index in [1.165, 1.54) is 6.33 Å². The highest BCUT2D eigenvalue weighted by molar-refractivity contribution is 9.10. The molecule has 0 radical (unpaired) electrons. The summed E-state index contributed by atoms with van der Waals surface area (Å²) in [6.07, 6.45) is 1.18. The van der Waals surface area contributed by atoms with Crippen LogP contribution < -0.4 is 0 Å². The van der Waals surface area contributed by atoms with Gasteiger partial charge in [-0.1, -0.05) is 11.6 Å². The minimum Gasteiger partial charge on any atom is -0.226 e. The van der Waals surface area contributed by atoms with Gasteiger partial charge in [-0.2, -0.15) is 0 Å². The zero-order valence-electron chi connectivity index (χ0n) is 4.11. The van der Waals surface area contributed by atoms with E-state index in [1.54, 1.807) is 0 Å². The first kappa shape index (κ1) is 6.89. The van der Waals surface area contributed by atoms with Crippen molar-refractivity contribution in [3.8, 4) is 0 Å². The second kappa shape index (κ2) is 2.58. The SMILES string of the molecule is Fc1c(Cl)ncnc1Br. The Labute approximate surface area is 64.2 Å². The molecular formula is C4HBrClFN2.